The van der Waals surface area contributed by atoms with Gasteiger partial charge >= 0.3 is 0 Å². The molecule has 6 nitrogen and oxygen atoms in total. The first-order valence-electron chi connectivity index (χ1n) is 10.8. The Morgan fingerprint density at radius 3 is 2.12 bits per heavy atom. The molecular formula is C26H29N3O3S. The molecule has 0 bridgehead atoms. The van der Waals surface area contributed by atoms with E-state index in [9.17, 15) is 8.42 Å². The van der Waals surface area contributed by atoms with Crippen molar-refractivity contribution in [3.05, 3.63) is 89.7 Å². The van der Waals surface area contributed by atoms with Crippen LogP contribution in [0.2, 0.25) is 0 Å². The quantitative estimate of drug-likeness (QED) is 0.352. The fourth-order valence-electron chi connectivity index (χ4n) is 3.32. The number of aromatic nitrogens is 2. The van der Waals surface area contributed by atoms with Gasteiger partial charge in [0.25, 0.3) is 10.1 Å². The summed E-state index contributed by atoms with van der Waals surface area (Å²) in [6, 6.07) is 22.7. The van der Waals surface area contributed by atoms with Gasteiger partial charge in [-0.15, -0.1) is 0 Å². The lowest BCUT2D eigenvalue weighted by atomic mass is 10.2. The van der Waals surface area contributed by atoms with Gasteiger partial charge in [0.15, 0.2) is 0 Å². The van der Waals surface area contributed by atoms with Crippen LogP contribution in [-0.2, 0) is 10.1 Å². The number of para-hydroxylation sites is 2. The van der Waals surface area contributed by atoms with Crippen molar-refractivity contribution in [2.24, 2.45) is 0 Å². The van der Waals surface area contributed by atoms with Crippen LogP contribution in [0.5, 0.6) is 0 Å². The predicted octanol–water partition coefficient (Wildman–Crippen LogP) is 5.82. The molecule has 4 aromatic rings. The molecule has 0 spiro atoms. The summed E-state index contributed by atoms with van der Waals surface area (Å²) in [6.07, 6.45) is 4.11. The molecular weight excluding hydrogens is 434 g/mol. The topological polar surface area (TPSA) is 86.3 Å². The van der Waals surface area contributed by atoms with Gasteiger partial charge in [0, 0.05) is 18.8 Å². The minimum absolute atomic E-state index is 0.0666. The van der Waals surface area contributed by atoms with Crippen LogP contribution in [0, 0.1) is 6.92 Å². The second kappa shape index (κ2) is 10.9. The summed E-state index contributed by atoms with van der Waals surface area (Å²) in [6.45, 7) is 8.26. The summed E-state index contributed by atoms with van der Waals surface area (Å²) in [5, 5.41) is 0. The molecule has 0 aliphatic rings. The molecule has 0 saturated heterocycles. The summed E-state index contributed by atoms with van der Waals surface area (Å²) < 4.78 is 29.6. The predicted molar refractivity (Wildman–Crippen MR) is 136 cm³/mol. The zero-order valence-corrected chi connectivity index (χ0v) is 19.9. The number of anilines is 1. The van der Waals surface area contributed by atoms with E-state index < -0.39 is 10.1 Å². The van der Waals surface area contributed by atoms with Crippen molar-refractivity contribution in [1.29, 1.82) is 0 Å². The van der Waals surface area contributed by atoms with E-state index in [4.69, 9.17) is 4.55 Å². The third-order valence-corrected chi connectivity index (χ3v) is 6.05. The third-order valence-electron chi connectivity index (χ3n) is 5.18. The van der Waals surface area contributed by atoms with Gasteiger partial charge in [-0.25, -0.2) is 4.98 Å². The van der Waals surface area contributed by atoms with Crippen molar-refractivity contribution in [2.75, 3.05) is 18.0 Å². The second-order valence-corrected chi connectivity index (χ2v) is 8.95. The molecule has 1 heterocycles. The Morgan fingerprint density at radius 1 is 0.909 bits per heavy atom. The second-order valence-electron chi connectivity index (χ2n) is 7.52. The van der Waals surface area contributed by atoms with Crippen molar-refractivity contribution >= 4 is 39.0 Å². The number of benzene rings is 3. The number of rotatable bonds is 6. The van der Waals surface area contributed by atoms with Crippen LogP contribution in [0.15, 0.2) is 77.7 Å². The summed E-state index contributed by atoms with van der Waals surface area (Å²) in [7, 11) is -4.02. The standard InChI is InChI=1S/C19H21N3.C7H8O3S/c1-3-22(4-2)16-12-9-15(10-13-16)11-14-19-20-17-7-5-6-8-18(17)21-19;1-6-2-4-7(5-3-6)11(8,9)10/h5-14H,3-4H2,1-2H3,(H,20,21);2-5H,1H3,(H,8,9,10)/b14-11+;. The molecule has 2 N–H and O–H groups in total. The molecule has 0 aliphatic heterocycles. The lowest BCUT2D eigenvalue weighted by molar-refractivity contribution is 0.483. The highest BCUT2D eigenvalue weighted by molar-refractivity contribution is 7.85. The monoisotopic (exact) mass is 463 g/mol. The van der Waals surface area contributed by atoms with Crippen LogP contribution in [0.4, 0.5) is 5.69 Å². The van der Waals surface area contributed by atoms with Gasteiger partial charge in [-0.05, 0) is 68.8 Å². The van der Waals surface area contributed by atoms with Gasteiger partial charge in [0.05, 0.1) is 15.9 Å². The van der Waals surface area contributed by atoms with Crippen molar-refractivity contribution in [3.63, 3.8) is 0 Å². The number of fused-ring (bicyclic) bond motifs is 1. The average Bonchev–Trinajstić information content (AvgIpc) is 3.23. The normalized spacial score (nSPS) is 11.4. The first-order valence-corrected chi connectivity index (χ1v) is 12.3. The highest BCUT2D eigenvalue weighted by Gasteiger charge is 2.07. The number of nitrogens with one attached hydrogen (secondary N) is 1. The van der Waals surface area contributed by atoms with Gasteiger partial charge in [-0.1, -0.05) is 48.0 Å². The highest BCUT2D eigenvalue weighted by atomic mass is 32.2. The van der Waals surface area contributed by atoms with Crippen LogP contribution in [0.1, 0.15) is 30.8 Å². The van der Waals surface area contributed by atoms with Crippen LogP contribution in [0.25, 0.3) is 23.2 Å². The van der Waals surface area contributed by atoms with Crippen molar-refractivity contribution < 1.29 is 13.0 Å². The fraction of sp³-hybridized carbons (Fsp3) is 0.192. The van der Waals surface area contributed by atoms with E-state index in [2.05, 4.69) is 59.1 Å². The van der Waals surface area contributed by atoms with Gasteiger partial charge in [0.2, 0.25) is 0 Å². The molecule has 33 heavy (non-hydrogen) atoms. The van der Waals surface area contributed by atoms with Crippen LogP contribution < -0.4 is 4.90 Å². The lowest BCUT2D eigenvalue weighted by Gasteiger charge is -2.20. The Labute approximate surface area is 195 Å². The molecule has 0 radical (unpaired) electrons. The van der Waals surface area contributed by atoms with Crippen molar-refractivity contribution in [3.8, 4) is 0 Å². The highest BCUT2D eigenvalue weighted by Crippen LogP contribution is 2.17. The van der Waals surface area contributed by atoms with Gasteiger partial charge in [-0.2, -0.15) is 8.42 Å². The summed E-state index contributed by atoms with van der Waals surface area (Å²) in [4.78, 5) is 10.1. The van der Waals surface area contributed by atoms with E-state index in [1.54, 1.807) is 12.1 Å². The molecule has 0 amide bonds. The molecule has 0 aliphatic carbocycles. The number of H-pyrrole nitrogens is 1. The van der Waals surface area contributed by atoms with E-state index in [1.165, 1.54) is 23.4 Å². The summed E-state index contributed by atoms with van der Waals surface area (Å²) in [5.41, 5.74) is 5.47. The minimum atomic E-state index is -4.02. The number of aryl methyl sites for hydroxylation is 1. The number of imidazole rings is 1. The van der Waals surface area contributed by atoms with Crippen LogP contribution >= 0.6 is 0 Å². The molecule has 7 heteroatoms. The van der Waals surface area contributed by atoms with E-state index in [0.717, 1.165) is 35.5 Å². The Kier molecular flexibility index (Phi) is 8.03. The smallest absolute Gasteiger partial charge is 0.294 e. The number of aromatic amines is 1. The summed E-state index contributed by atoms with van der Waals surface area (Å²) in [5.74, 6) is 0.883. The van der Waals surface area contributed by atoms with Crippen LogP contribution in [0.3, 0.4) is 0 Å². The van der Waals surface area contributed by atoms with Crippen LogP contribution in [-0.4, -0.2) is 36.0 Å². The van der Waals surface area contributed by atoms with Gasteiger partial charge in [-0.3, -0.25) is 4.55 Å². The largest absolute Gasteiger partial charge is 0.372 e. The lowest BCUT2D eigenvalue weighted by Crippen LogP contribution is -2.21. The first-order chi connectivity index (χ1) is 15.8. The zero-order chi connectivity index (χ0) is 23.8. The number of hydrogen-bond donors (Lipinski definition) is 2. The molecule has 1 aromatic heterocycles. The van der Waals surface area contributed by atoms with E-state index in [0.29, 0.717) is 0 Å². The Hall–Kier alpha value is -3.42. The average molecular weight is 464 g/mol. The molecule has 4 rings (SSSR count). The van der Waals surface area contributed by atoms with Gasteiger partial charge < -0.3 is 9.88 Å². The molecule has 0 fully saturated rings. The molecule has 172 valence electrons. The molecule has 0 unspecified atom stereocenters. The number of hydrogen-bond acceptors (Lipinski definition) is 4. The molecule has 0 saturated carbocycles. The first kappa shape index (κ1) is 24.2. The minimum Gasteiger partial charge on any atom is -0.372 e. The van der Waals surface area contributed by atoms with E-state index in [1.807, 2.05) is 37.3 Å². The number of nitrogens with zero attached hydrogens (tertiary/aromatic N) is 2. The van der Waals surface area contributed by atoms with E-state index in [-0.39, 0.29) is 4.90 Å². The summed E-state index contributed by atoms with van der Waals surface area (Å²) >= 11 is 0. The third kappa shape index (κ3) is 6.78. The molecule has 3 aromatic carbocycles. The Bertz CT molecular complexity index is 1270. The Balaban J connectivity index is 0.000000235. The zero-order valence-electron chi connectivity index (χ0n) is 19.1. The SMILES string of the molecule is CCN(CC)c1ccc(/C=C/c2nc3ccccc3[nH]2)cc1.Cc1ccc(S(=O)(=O)O)cc1. The maximum atomic E-state index is 10.5. The maximum absolute atomic E-state index is 10.5. The molecule has 0 atom stereocenters. The van der Waals surface area contributed by atoms with Crippen molar-refractivity contribution in [1.82, 2.24) is 9.97 Å². The Morgan fingerprint density at radius 2 is 1.55 bits per heavy atom. The fourth-order valence-corrected chi connectivity index (χ4v) is 3.80. The van der Waals surface area contributed by atoms with E-state index >= 15 is 0 Å². The van der Waals surface area contributed by atoms with Gasteiger partial charge in [0.1, 0.15) is 5.82 Å². The van der Waals surface area contributed by atoms with Crippen molar-refractivity contribution in [2.45, 2.75) is 25.7 Å². The maximum Gasteiger partial charge on any atom is 0.294 e.